The van der Waals surface area contributed by atoms with E-state index >= 15 is 0 Å². The molecular weight excluding hydrogens is 282 g/mol. The monoisotopic (exact) mass is 301 g/mol. The predicted octanol–water partition coefficient (Wildman–Crippen LogP) is 1.87. The van der Waals surface area contributed by atoms with Crippen molar-refractivity contribution in [3.8, 4) is 5.75 Å². The van der Waals surface area contributed by atoms with Crippen molar-refractivity contribution in [2.24, 2.45) is 5.14 Å². The molecule has 20 heavy (non-hydrogen) atoms. The van der Waals surface area contributed by atoms with Gasteiger partial charge >= 0.3 is 10.3 Å². The van der Waals surface area contributed by atoms with Crippen LogP contribution in [0.25, 0.3) is 0 Å². The summed E-state index contributed by atoms with van der Waals surface area (Å²) in [4.78, 5) is 0. The minimum Gasteiger partial charge on any atom is -0.462 e. The first-order chi connectivity index (χ1) is 9.39. The Hall–Kier alpha value is -1.15. The predicted molar refractivity (Wildman–Crippen MR) is 73.3 cm³/mol. The Morgan fingerprint density at radius 2 is 1.95 bits per heavy atom. The standard InChI is InChI=1S/C13H19NO5S/c1-3-13(4-2)18-11-8-6-5-7-10(11)12(19-13)9-17-20(14,15)16/h5-8,12H,3-4,9H2,1-2H3,(H2,14,15,16). The largest absolute Gasteiger partial charge is 0.462 e. The zero-order chi connectivity index (χ0) is 14.8. The van der Waals surface area contributed by atoms with Crippen LogP contribution in [0.4, 0.5) is 0 Å². The Bertz CT molecular complexity index is 568. The van der Waals surface area contributed by atoms with E-state index in [4.69, 9.17) is 14.6 Å². The van der Waals surface area contributed by atoms with Crippen LogP contribution in [0.2, 0.25) is 0 Å². The molecule has 0 saturated heterocycles. The van der Waals surface area contributed by atoms with Gasteiger partial charge in [0.1, 0.15) is 11.9 Å². The van der Waals surface area contributed by atoms with E-state index < -0.39 is 22.2 Å². The second-order valence-electron chi connectivity index (χ2n) is 4.64. The van der Waals surface area contributed by atoms with Gasteiger partial charge in [0.05, 0.1) is 6.61 Å². The summed E-state index contributed by atoms with van der Waals surface area (Å²) in [6, 6.07) is 7.35. The normalized spacial score (nSPS) is 21.1. The lowest BCUT2D eigenvalue weighted by Gasteiger charge is -2.41. The summed E-state index contributed by atoms with van der Waals surface area (Å²) in [7, 11) is -4.00. The number of ether oxygens (including phenoxy) is 2. The number of nitrogens with two attached hydrogens (primary N) is 1. The average Bonchev–Trinajstić information content (AvgIpc) is 2.43. The first kappa shape index (κ1) is 15.2. The number of hydrogen-bond acceptors (Lipinski definition) is 5. The van der Waals surface area contributed by atoms with Gasteiger partial charge in [0.25, 0.3) is 0 Å². The summed E-state index contributed by atoms with van der Waals surface area (Å²) in [5, 5.41) is 4.87. The molecule has 6 nitrogen and oxygen atoms in total. The molecule has 1 aromatic carbocycles. The van der Waals surface area contributed by atoms with E-state index in [2.05, 4.69) is 4.18 Å². The van der Waals surface area contributed by atoms with Crippen molar-refractivity contribution in [3.05, 3.63) is 29.8 Å². The fourth-order valence-corrected chi connectivity index (χ4v) is 2.54. The Morgan fingerprint density at radius 1 is 1.30 bits per heavy atom. The van der Waals surface area contributed by atoms with Crippen LogP contribution in [-0.2, 0) is 19.2 Å². The SMILES string of the molecule is CCC1(CC)Oc2ccccc2C(COS(N)(=O)=O)O1. The lowest BCUT2D eigenvalue weighted by molar-refractivity contribution is -0.238. The van der Waals surface area contributed by atoms with E-state index in [1.807, 2.05) is 38.1 Å². The third-order valence-corrected chi connectivity index (χ3v) is 3.84. The number of para-hydroxylation sites is 1. The molecule has 0 bridgehead atoms. The molecule has 0 fully saturated rings. The molecule has 1 aromatic rings. The van der Waals surface area contributed by atoms with Gasteiger partial charge < -0.3 is 9.47 Å². The summed E-state index contributed by atoms with van der Waals surface area (Å²) in [6.07, 6.45) is 0.756. The Kier molecular flexibility index (Phi) is 4.33. The van der Waals surface area contributed by atoms with Gasteiger partial charge in [-0.1, -0.05) is 32.0 Å². The van der Waals surface area contributed by atoms with Gasteiger partial charge in [0.15, 0.2) is 0 Å². The van der Waals surface area contributed by atoms with Gasteiger partial charge in [-0.15, -0.1) is 0 Å². The highest BCUT2D eigenvalue weighted by molar-refractivity contribution is 7.84. The number of benzene rings is 1. The Labute approximate surface area is 119 Å². The van der Waals surface area contributed by atoms with Crippen molar-refractivity contribution < 1.29 is 22.1 Å². The van der Waals surface area contributed by atoms with Crippen molar-refractivity contribution in [2.45, 2.75) is 38.6 Å². The van der Waals surface area contributed by atoms with Crippen LogP contribution in [0, 0.1) is 0 Å². The molecule has 0 aliphatic carbocycles. The van der Waals surface area contributed by atoms with Crippen LogP contribution in [-0.4, -0.2) is 20.8 Å². The fraction of sp³-hybridized carbons (Fsp3) is 0.538. The van der Waals surface area contributed by atoms with Crippen molar-refractivity contribution in [1.29, 1.82) is 0 Å². The zero-order valence-corrected chi connectivity index (χ0v) is 12.4. The molecule has 112 valence electrons. The molecule has 7 heteroatoms. The minimum atomic E-state index is -4.00. The average molecular weight is 301 g/mol. The van der Waals surface area contributed by atoms with Gasteiger partial charge in [-0.2, -0.15) is 8.42 Å². The fourth-order valence-electron chi connectivity index (χ4n) is 2.23. The molecule has 1 atom stereocenters. The third-order valence-electron chi connectivity index (χ3n) is 3.38. The summed E-state index contributed by atoms with van der Waals surface area (Å²) in [5.41, 5.74) is 0.758. The molecule has 1 aliphatic heterocycles. The van der Waals surface area contributed by atoms with E-state index in [0.29, 0.717) is 18.6 Å². The molecule has 2 rings (SSSR count). The topological polar surface area (TPSA) is 87.9 Å². The van der Waals surface area contributed by atoms with E-state index in [-0.39, 0.29) is 6.61 Å². The Morgan fingerprint density at radius 3 is 2.55 bits per heavy atom. The van der Waals surface area contributed by atoms with Gasteiger partial charge in [-0.3, -0.25) is 4.18 Å². The lowest BCUT2D eigenvalue weighted by Crippen LogP contribution is -2.43. The van der Waals surface area contributed by atoms with Gasteiger partial charge in [-0.05, 0) is 6.07 Å². The highest BCUT2D eigenvalue weighted by Crippen LogP contribution is 2.41. The summed E-state index contributed by atoms with van der Waals surface area (Å²) in [6.45, 7) is 3.74. The van der Waals surface area contributed by atoms with Crippen LogP contribution in [0.5, 0.6) is 5.75 Å². The molecule has 0 aromatic heterocycles. The second kappa shape index (κ2) is 5.69. The van der Waals surface area contributed by atoms with Gasteiger partial charge in [0, 0.05) is 18.4 Å². The molecule has 0 amide bonds. The maximum atomic E-state index is 11.0. The number of hydrogen-bond donors (Lipinski definition) is 1. The summed E-state index contributed by atoms with van der Waals surface area (Å²) < 4.78 is 38.4. The smallest absolute Gasteiger partial charge is 0.333 e. The van der Waals surface area contributed by atoms with E-state index in [1.165, 1.54) is 0 Å². The van der Waals surface area contributed by atoms with Crippen LogP contribution >= 0.6 is 0 Å². The van der Waals surface area contributed by atoms with Crippen LogP contribution in [0.15, 0.2) is 24.3 Å². The van der Waals surface area contributed by atoms with E-state index in [0.717, 1.165) is 5.56 Å². The molecule has 2 N–H and O–H groups in total. The minimum absolute atomic E-state index is 0.166. The van der Waals surface area contributed by atoms with E-state index in [1.54, 1.807) is 0 Å². The highest BCUT2D eigenvalue weighted by atomic mass is 32.2. The van der Waals surface area contributed by atoms with Gasteiger partial charge in [-0.25, -0.2) is 5.14 Å². The van der Waals surface area contributed by atoms with Crippen LogP contribution in [0.3, 0.4) is 0 Å². The number of fused-ring (bicyclic) bond motifs is 1. The molecule has 0 spiro atoms. The van der Waals surface area contributed by atoms with Crippen LogP contribution < -0.4 is 9.88 Å². The van der Waals surface area contributed by atoms with Crippen LogP contribution in [0.1, 0.15) is 38.4 Å². The quantitative estimate of drug-likeness (QED) is 0.897. The molecule has 1 unspecified atom stereocenters. The molecule has 1 heterocycles. The Balaban J connectivity index is 2.30. The molecule has 1 aliphatic rings. The molecule has 0 saturated carbocycles. The maximum Gasteiger partial charge on any atom is 0.333 e. The maximum absolute atomic E-state index is 11.0. The number of rotatable bonds is 5. The zero-order valence-electron chi connectivity index (χ0n) is 11.5. The van der Waals surface area contributed by atoms with Crippen molar-refractivity contribution in [3.63, 3.8) is 0 Å². The first-order valence-electron chi connectivity index (χ1n) is 6.52. The summed E-state index contributed by atoms with van der Waals surface area (Å²) in [5.74, 6) is -0.0775. The summed E-state index contributed by atoms with van der Waals surface area (Å²) >= 11 is 0. The third kappa shape index (κ3) is 3.29. The van der Waals surface area contributed by atoms with E-state index in [9.17, 15) is 8.42 Å². The second-order valence-corrected chi connectivity index (χ2v) is 5.86. The van der Waals surface area contributed by atoms with Crippen molar-refractivity contribution >= 4 is 10.3 Å². The first-order valence-corrected chi connectivity index (χ1v) is 7.99. The lowest BCUT2D eigenvalue weighted by atomic mass is 10.0. The van der Waals surface area contributed by atoms with Gasteiger partial charge in [0.2, 0.25) is 5.79 Å². The van der Waals surface area contributed by atoms with Crippen molar-refractivity contribution in [1.82, 2.24) is 0 Å². The molecular formula is C13H19NO5S. The highest BCUT2D eigenvalue weighted by Gasteiger charge is 2.39. The van der Waals surface area contributed by atoms with Crippen molar-refractivity contribution in [2.75, 3.05) is 6.61 Å². The molecule has 0 radical (unpaired) electrons.